The average molecular weight is 233 g/mol. The second-order valence-electron chi connectivity index (χ2n) is 4.00. The fourth-order valence-corrected chi connectivity index (χ4v) is 1.90. The summed E-state index contributed by atoms with van der Waals surface area (Å²) in [6.07, 6.45) is 1.63. The third-order valence-electron chi connectivity index (χ3n) is 2.76. The minimum absolute atomic E-state index is 0.0238. The first-order valence-electron chi connectivity index (χ1n) is 5.50. The summed E-state index contributed by atoms with van der Waals surface area (Å²) in [4.78, 5) is 14.2. The summed E-state index contributed by atoms with van der Waals surface area (Å²) in [5.41, 5.74) is 2.05. The maximum atomic E-state index is 11.0. The van der Waals surface area contributed by atoms with Gasteiger partial charge in [-0.25, -0.2) is 0 Å². The van der Waals surface area contributed by atoms with Crippen LogP contribution in [0.3, 0.4) is 0 Å². The number of methoxy groups -OCH3 is 1. The third kappa shape index (κ3) is 2.65. The maximum absolute atomic E-state index is 11.0. The molecule has 0 unspecified atom stereocenters. The zero-order valence-corrected chi connectivity index (χ0v) is 9.64. The molecule has 2 aromatic rings. The van der Waals surface area contributed by atoms with Crippen molar-refractivity contribution in [1.82, 2.24) is 4.98 Å². The van der Waals surface area contributed by atoms with Crippen molar-refractivity contribution in [1.29, 1.82) is 0 Å². The number of H-pyrrole nitrogens is 1. The summed E-state index contributed by atoms with van der Waals surface area (Å²) in [5, 5.41) is 10.8. The van der Waals surface area contributed by atoms with Gasteiger partial charge in [0.15, 0.2) is 0 Å². The van der Waals surface area contributed by atoms with Crippen LogP contribution in [0.1, 0.15) is 12.0 Å². The van der Waals surface area contributed by atoms with Gasteiger partial charge in [-0.3, -0.25) is 4.79 Å². The maximum Gasteiger partial charge on any atom is 0.308 e. The molecule has 0 bridgehead atoms. The lowest BCUT2D eigenvalue weighted by Crippen LogP contribution is -2.16. The first-order chi connectivity index (χ1) is 8.20. The molecule has 0 fully saturated rings. The molecule has 90 valence electrons. The van der Waals surface area contributed by atoms with Gasteiger partial charge in [0.25, 0.3) is 0 Å². The van der Waals surface area contributed by atoms with Crippen LogP contribution >= 0.6 is 0 Å². The molecule has 0 amide bonds. The predicted octanol–water partition coefficient (Wildman–Crippen LogP) is 1.63. The number of nitrogens with one attached hydrogen (secondary N) is 1. The number of hydrogen-bond acceptors (Lipinski definition) is 3. The van der Waals surface area contributed by atoms with E-state index >= 15 is 0 Å². The molecule has 0 aliphatic heterocycles. The molecule has 0 aliphatic rings. The predicted molar refractivity (Wildman–Crippen MR) is 64.6 cm³/mol. The number of rotatable bonds is 4. The number of benzene rings is 1. The number of fused-ring (bicyclic) bond motifs is 1. The molecule has 17 heavy (non-hydrogen) atoms. The van der Waals surface area contributed by atoms with Crippen molar-refractivity contribution in [3.05, 3.63) is 36.0 Å². The van der Waals surface area contributed by atoms with Gasteiger partial charge in [0, 0.05) is 23.5 Å². The molecule has 2 rings (SSSR count). The lowest BCUT2D eigenvalue weighted by atomic mass is 10.1. The van der Waals surface area contributed by atoms with Crippen molar-refractivity contribution >= 4 is 16.9 Å². The van der Waals surface area contributed by atoms with Gasteiger partial charge in [-0.05, 0) is 11.6 Å². The summed E-state index contributed by atoms with van der Waals surface area (Å²) in [5.74, 6) is -0.391. The highest BCUT2D eigenvalue weighted by Crippen LogP contribution is 2.19. The minimum Gasteiger partial charge on any atom is -0.469 e. The Morgan fingerprint density at radius 1 is 1.47 bits per heavy atom. The normalized spacial score (nSPS) is 12.6. The number of esters is 1. The molecule has 1 aromatic carbocycles. The molecule has 0 aliphatic carbocycles. The van der Waals surface area contributed by atoms with Gasteiger partial charge in [0.1, 0.15) is 0 Å². The molecule has 0 radical (unpaired) electrons. The highest BCUT2D eigenvalue weighted by Gasteiger charge is 2.13. The number of carbonyl (C=O) groups excluding carboxylic acids is 1. The molecule has 2 N–H and O–H groups in total. The number of aliphatic hydroxyl groups excluding tert-OH is 1. The van der Waals surface area contributed by atoms with Crippen molar-refractivity contribution in [3.63, 3.8) is 0 Å². The molecule has 1 heterocycles. The summed E-state index contributed by atoms with van der Waals surface area (Å²) in [6, 6.07) is 7.87. The zero-order valence-electron chi connectivity index (χ0n) is 9.64. The number of aromatic amines is 1. The molecule has 1 atom stereocenters. The van der Waals surface area contributed by atoms with Crippen LogP contribution in [0.25, 0.3) is 10.9 Å². The minimum atomic E-state index is -0.707. The molecule has 4 heteroatoms. The van der Waals surface area contributed by atoms with Gasteiger partial charge in [0.2, 0.25) is 0 Å². The number of hydrogen-bond donors (Lipinski definition) is 2. The lowest BCUT2D eigenvalue weighted by Gasteiger charge is -2.08. The number of aromatic nitrogens is 1. The van der Waals surface area contributed by atoms with Crippen LogP contribution < -0.4 is 0 Å². The van der Waals surface area contributed by atoms with Crippen molar-refractivity contribution in [3.8, 4) is 0 Å². The standard InChI is InChI=1S/C13H15NO3/c1-17-13(16)7-10(15)6-9-8-14-12-5-3-2-4-11(9)12/h2-5,8,10,14-15H,6-7H2,1H3/t10-/m1/s1. The number of carbonyl (C=O) groups is 1. The van der Waals surface area contributed by atoms with Gasteiger partial charge >= 0.3 is 5.97 Å². The average Bonchev–Trinajstić information content (AvgIpc) is 2.72. The smallest absolute Gasteiger partial charge is 0.308 e. The van der Waals surface area contributed by atoms with Crippen molar-refractivity contribution in [2.24, 2.45) is 0 Å². The second-order valence-corrected chi connectivity index (χ2v) is 4.00. The Kier molecular flexibility index (Phi) is 3.44. The Labute approximate surface area is 99.2 Å². The van der Waals surface area contributed by atoms with E-state index in [0.29, 0.717) is 6.42 Å². The van der Waals surface area contributed by atoms with E-state index in [9.17, 15) is 9.90 Å². The van der Waals surface area contributed by atoms with E-state index in [0.717, 1.165) is 16.5 Å². The number of para-hydroxylation sites is 1. The Morgan fingerprint density at radius 2 is 2.24 bits per heavy atom. The van der Waals surface area contributed by atoms with Crippen LogP contribution in [-0.4, -0.2) is 29.3 Å². The van der Waals surface area contributed by atoms with Gasteiger partial charge in [-0.15, -0.1) is 0 Å². The van der Waals surface area contributed by atoms with Crippen LogP contribution in [0.2, 0.25) is 0 Å². The number of ether oxygens (including phenoxy) is 1. The molecular weight excluding hydrogens is 218 g/mol. The quantitative estimate of drug-likeness (QED) is 0.789. The first kappa shape index (κ1) is 11.7. The Hall–Kier alpha value is -1.81. The fourth-order valence-electron chi connectivity index (χ4n) is 1.90. The topological polar surface area (TPSA) is 62.3 Å². The highest BCUT2D eigenvalue weighted by atomic mass is 16.5. The molecule has 1 aromatic heterocycles. The Balaban J connectivity index is 2.10. The highest BCUT2D eigenvalue weighted by molar-refractivity contribution is 5.83. The number of aliphatic hydroxyl groups is 1. The van der Waals surface area contributed by atoms with Gasteiger partial charge < -0.3 is 14.8 Å². The van der Waals surface area contributed by atoms with Crippen molar-refractivity contribution < 1.29 is 14.6 Å². The SMILES string of the molecule is COC(=O)C[C@H](O)Cc1c[nH]c2ccccc12. The van der Waals surface area contributed by atoms with E-state index < -0.39 is 12.1 Å². The van der Waals surface area contributed by atoms with E-state index in [2.05, 4.69) is 9.72 Å². The molecular formula is C13H15NO3. The zero-order chi connectivity index (χ0) is 12.3. The fraction of sp³-hybridized carbons (Fsp3) is 0.308. The van der Waals surface area contributed by atoms with Gasteiger partial charge in [0.05, 0.1) is 19.6 Å². The van der Waals surface area contributed by atoms with Crippen LogP contribution in [0.4, 0.5) is 0 Å². The third-order valence-corrected chi connectivity index (χ3v) is 2.76. The Morgan fingerprint density at radius 3 is 3.00 bits per heavy atom. The molecule has 4 nitrogen and oxygen atoms in total. The van der Waals surface area contributed by atoms with Crippen LogP contribution in [0, 0.1) is 0 Å². The van der Waals surface area contributed by atoms with Gasteiger partial charge in [-0.1, -0.05) is 18.2 Å². The summed E-state index contributed by atoms with van der Waals surface area (Å²) >= 11 is 0. The van der Waals surface area contributed by atoms with Crippen LogP contribution in [0.15, 0.2) is 30.5 Å². The van der Waals surface area contributed by atoms with E-state index in [1.807, 2.05) is 30.5 Å². The van der Waals surface area contributed by atoms with Crippen LogP contribution in [0.5, 0.6) is 0 Å². The second kappa shape index (κ2) is 5.01. The van der Waals surface area contributed by atoms with Crippen LogP contribution in [-0.2, 0) is 16.0 Å². The van der Waals surface area contributed by atoms with E-state index in [-0.39, 0.29) is 6.42 Å². The largest absolute Gasteiger partial charge is 0.469 e. The monoisotopic (exact) mass is 233 g/mol. The first-order valence-corrected chi connectivity index (χ1v) is 5.50. The van der Waals surface area contributed by atoms with E-state index in [1.165, 1.54) is 7.11 Å². The van der Waals surface area contributed by atoms with Gasteiger partial charge in [-0.2, -0.15) is 0 Å². The van der Waals surface area contributed by atoms with E-state index in [4.69, 9.17) is 0 Å². The summed E-state index contributed by atoms with van der Waals surface area (Å²) in [6.45, 7) is 0. The summed E-state index contributed by atoms with van der Waals surface area (Å²) in [7, 11) is 1.32. The summed E-state index contributed by atoms with van der Waals surface area (Å²) < 4.78 is 4.52. The van der Waals surface area contributed by atoms with E-state index in [1.54, 1.807) is 0 Å². The van der Waals surface area contributed by atoms with Crippen molar-refractivity contribution in [2.75, 3.05) is 7.11 Å². The Bertz CT molecular complexity index is 518. The molecule has 0 saturated carbocycles. The molecule has 0 spiro atoms. The van der Waals surface area contributed by atoms with Crippen molar-refractivity contribution in [2.45, 2.75) is 18.9 Å². The molecule has 0 saturated heterocycles. The lowest BCUT2D eigenvalue weighted by molar-refractivity contribution is -0.142.